The standard InChI is InChI=1S/C14H12N2O2/c17-8-13-11-9-18-7-6-12(11)15-14(16-13)10-4-2-1-3-5-10/h1-5,8H,6-7,9H2. The molecule has 3 rings (SSSR count). The Bertz CT molecular complexity index is 582. The Balaban J connectivity index is 2.15. The number of hydrogen-bond donors (Lipinski definition) is 0. The second kappa shape index (κ2) is 4.66. The lowest BCUT2D eigenvalue weighted by molar-refractivity contribution is 0.103. The third-order valence-electron chi connectivity index (χ3n) is 3.00. The van der Waals surface area contributed by atoms with Crippen molar-refractivity contribution in [1.82, 2.24) is 9.97 Å². The molecule has 0 bridgehead atoms. The van der Waals surface area contributed by atoms with E-state index in [9.17, 15) is 4.79 Å². The molecule has 4 nitrogen and oxygen atoms in total. The van der Waals surface area contributed by atoms with Crippen LogP contribution < -0.4 is 0 Å². The van der Waals surface area contributed by atoms with Crippen LogP contribution in [-0.2, 0) is 17.8 Å². The molecule has 1 aromatic carbocycles. The van der Waals surface area contributed by atoms with Crippen LogP contribution in [0.25, 0.3) is 11.4 Å². The van der Waals surface area contributed by atoms with Crippen LogP contribution >= 0.6 is 0 Å². The number of carbonyl (C=O) groups excluding carboxylic acids is 1. The van der Waals surface area contributed by atoms with E-state index in [1.165, 1.54) is 0 Å². The first-order chi connectivity index (χ1) is 8.88. The zero-order valence-electron chi connectivity index (χ0n) is 9.80. The summed E-state index contributed by atoms with van der Waals surface area (Å²) in [7, 11) is 0. The Morgan fingerprint density at radius 2 is 2.00 bits per heavy atom. The summed E-state index contributed by atoms with van der Waals surface area (Å²) in [5, 5.41) is 0. The lowest BCUT2D eigenvalue weighted by atomic mass is 10.1. The van der Waals surface area contributed by atoms with Gasteiger partial charge < -0.3 is 4.74 Å². The maximum Gasteiger partial charge on any atom is 0.168 e. The Kier molecular flexibility index (Phi) is 2.86. The highest BCUT2D eigenvalue weighted by Gasteiger charge is 2.18. The molecule has 1 aliphatic rings. The van der Waals surface area contributed by atoms with Crippen LogP contribution in [-0.4, -0.2) is 22.9 Å². The summed E-state index contributed by atoms with van der Waals surface area (Å²) in [6, 6.07) is 9.69. The van der Waals surface area contributed by atoms with Crippen molar-refractivity contribution in [2.24, 2.45) is 0 Å². The van der Waals surface area contributed by atoms with Gasteiger partial charge >= 0.3 is 0 Å². The number of nitrogens with zero attached hydrogens (tertiary/aromatic N) is 2. The number of carbonyl (C=O) groups is 1. The number of ether oxygens (including phenoxy) is 1. The summed E-state index contributed by atoms with van der Waals surface area (Å²) < 4.78 is 5.35. The number of benzene rings is 1. The van der Waals surface area contributed by atoms with Crippen LogP contribution in [0.4, 0.5) is 0 Å². The molecule has 0 N–H and O–H groups in total. The molecule has 0 saturated carbocycles. The van der Waals surface area contributed by atoms with Crippen molar-refractivity contribution in [3.8, 4) is 11.4 Å². The van der Waals surface area contributed by atoms with Crippen LogP contribution in [0.2, 0.25) is 0 Å². The van der Waals surface area contributed by atoms with Crippen molar-refractivity contribution in [1.29, 1.82) is 0 Å². The molecule has 0 spiro atoms. The summed E-state index contributed by atoms with van der Waals surface area (Å²) in [4.78, 5) is 20.0. The van der Waals surface area contributed by atoms with Gasteiger partial charge in [-0.25, -0.2) is 9.97 Å². The molecule has 2 heterocycles. The molecule has 1 aromatic heterocycles. The molecule has 0 unspecified atom stereocenters. The number of aldehydes is 1. The van der Waals surface area contributed by atoms with Gasteiger partial charge in [-0.2, -0.15) is 0 Å². The zero-order chi connectivity index (χ0) is 12.4. The van der Waals surface area contributed by atoms with Gasteiger partial charge in [0.2, 0.25) is 0 Å². The fourth-order valence-corrected chi connectivity index (χ4v) is 2.07. The van der Waals surface area contributed by atoms with Crippen LogP contribution in [0, 0.1) is 0 Å². The van der Waals surface area contributed by atoms with Crippen LogP contribution in [0.3, 0.4) is 0 Å². The Labute approximate surface area is 105 Å². The van der Waals surface area contributed by atoms with E-state index in [-0.39, 0.29) is 0 Å². The summed E-state index contributed by atoms with van der Waals surface area (Å²) in [5.41, 5.74) is 3.13. The molecular weight excluding hydrogens is 228 g/mol. The highest BCUT2D eigenvalue weighted by Crippen LogP contribution is 2.21. The zero-order valence-corrected chi connectivity index (χ0v) is 9.80. The van der Waals surface area contributed by atoms with Crippen LogP contribution in [0.5, 0.6) is 0 Å². The monoisotopic (exact) mass is 240 g/mol. The average Bonchev–Trinajstić information content (AvgIpc) is 2.47. The first-order valence-corrected chi connectivity index (χ1v) is 5.86. The van der Waals surface area contributed by atoms with Gasteiger partial charge in [-0.05, 0) is 0 Å². The maximum atomic E-state index is 11.1. The van der Waals surface area contributed by atoms with Crippen molar-refractivity contribution in [2.75, 3.05) is 6.61 Å². The molecule has 0 aliphatic carbocycles. The molecule has 90 valence electrons. The second-order valence-electron chi connectivity index (χ2n) is 4.14. The fourth-order valence-electron chi connectivity index (χ4n) is 2.07. The Morgan fingerprint density at radius 3 is 2.78 bits per heavy atom. The predicted molar refractivity (Wildman–Crippen MR) is 66.2 cm³/mol. The number of aromatic nitrogens is 2. The highest BCUT2D eigenvalue weighted by molar-refractivity contribution is 5.76. The third-order valence-corrected chi connectivity index (χ3v) is 3.00. The van der Waals surface area contributed by atoms with Crippen LogP contribution in [0.1, 0.15) is 21.7 Å². The predicted octanol–water partition coefficient (Wildman–Crippen LogP) is 2.03. The average molecular weight is 240 g/mol. The summed E-state index contributed by atoms with van der Waals surface area (Å²) in [6.45, 7) is 1.08. The van der Waals surface area contributed by atoms with E-state index >= 15 is 0 Å². The van der Waals surface area contributed by atoms with E-state index in [0.717, 1.165) is 29.5 Å². The second-order valence-corrected chi connectivity index (χ2v) is 4.14. The van der Waals surface area contributed by atoms with Gasteiger partial charge in [0.25, 0.3) is 0 Å². The molecule has 1 aliphatic heterocycles. The molecule has 0 atom stereocenters. The van der Waals surface area contributed by atoms with Crippen molar-refractivity contribution in [3.63, 3.8) is 0 Å². The molecule has 0 amide bonds. The lowest BCUT2D eigenvalue weighted by Crippen LogP contribution is -2.16. The normalized spacial score (nSPS) is 14.0. The smallest absolute Gasteiger partial charge is 0.168 e. The molecule has 0 fully saturated rings. The minimum atomic E-state index is 0.429. The van der Waals surface area contributed by atoms with Gasteiger partial charge in [-0.3, -0.25) is 4.79 Å². The van der Waals surface area contributed by atoms with Gasteiger partial charge in [-0.15, -0.1) is 0 Å². The van der Waals surface area contributed by atoms with Crippen LogP contribution in [0.15, 0.2) is 30.3 Å². The Morgan fingerprint density at radius 1 is 1.17 bits per heavy atom. The molecule has 18 heavy (non-hydrogen) atoms. The van der Waals surface area contributed by atoms with E-state index in [0.29, 0.717) is 24.7 Å². The van der Waals surface area contributed by atoms with Gasteiger partial charge in [0.05, 0.1) is 18.9 Å². The van der Waals surface area contributed by atoms with Gasteiger partial charge in [0.1, 0.15) is 5.69 Å². The SMILES string of the molecule is O=Cc1nc(-c2ccccc2)nc2c1COCC2. The van der Waals surface area contributed by atoms with E-state index in [1.807, 2.05) is 30.3 Å². The first kappa shape index (κ1) is 11.0. The molecule has 4 heteroatoms. The minimum absolute atomic E-state index is 0.429. The molecule has 0 saturated heterocycles. The van der Waals surface area contributed by atoms with E-state index in [1.54, 1.807) is 0 Å². The van der Waals surface area contributed by atoms with Gasteiger partial charge in [-0.1, -0.05) is 30.3 Å². The molecule has 0 radical (unpaired) electrons. The van der Waals surface area contributed by atoms with Gasteiger partial charge in [0, 0.05) is 17.5 Å². The summed E-state index contributed by atoms with van der Waals surface area (Å²) in [6.07, 6.45) is 1.51. The molecule has 2 aromatic rings. The molecular formula is C14H12N2O2. The largest absolute Gasteiger partial charge is 0.376 e. The lowest BCUT2D eigenvalue weighted by Gasteiger charge is -2.17. The summed E-state index contributed by atoms with van der Waals surface area (Å²) >= 11 is 0. The first-order valence-electron chi connectivity index (χ1n) is 5.86. The quantitative estimate of drug-likeness (QED) is 0.754. The highest BCUT2D eigenvalue weighted by atomic mass is 16.5. The maximum absolute atomic E-state index is 11.1. The Hall–Kier alpha value is -2.07. The van der Waals surface area contributed by atoms with Crippen molar-refractivity contribution < 1.29 is 9.53 Å². The summed E-state index contributed by atoms with van der Waals surface area (Å²) in [5.74, 6) is 0.610. The number of fused-ring (bicyclic) bond motifs is 1. The van der Waals surface area contributed by atoms with E-state index in [2.05, 4.69) is 9.97 Å². The van der Waals surface area contributed by atoms with E-state index in [4.69, 9.17) is 4.74 Å². The third kappa shape index (κ3) is 1.91. The van der Waals surface area contributed by atoms with Gasteiger partial charge in [0.15, 0.2) is 12.1 Å². The topological polar surface area (TPSA) is 52.1 Å². The number of rotatable bonds is 2. The van der Waals surface area contributed by atoms with E-state index < -0.39 is 0 Å². The minimum Gasteiger partial charge on any atom is -0.376 e. The number of hydrogen-bond acceptors (Lipinski definition) is 4. The van der Waals surface area contributed by atoms with Crippen molar-refractivity contribution >= 4 is 6.29 Å². The fraction of sp³-hybridized carbons (Fsp3) is 0.214. The van der Waals surface area contributed by atoms with Crippen molar-refractivity contribution in [2.45, 2.75) is 13.0 Å². The van der Waals surface area contributed by atoms with Crippen molar-refractivity contribution in [3.05, 3.63) is 47.3 Å².